The fourth-order valence-electron chi connectivity index (χ4n) is 2.84. The zero-order valence-corrected chi connectivity index (χ0v) is 14.6. The quantitative estimate of drug-likeness (QED) is 0.392. The largest absolute Gasteiger partial charge is 0.327 e. The predicted molar refractivity (Wildman–Crippen MR) is 109 cm³/mol. The van der Waals surface area contributed by atoms with Gasteiger partial charge in [0.05, 0.1) is 0 Å². The van der Waals surface area contributed by atoms with Crippen LogP contribution < -0.4 is 11.6 Å². The molecule has 1 aromatic heterocycles. The van der Waals surface area contributed by atoms with Crippen molar-refractivity contribution in [2.45, 2.75) is 18.9 Å². The molecule has 132 valence electrons. The average Bonchev–Trinajstić information content (AvgIpc) is 2.68. The summed E-state index contributed by atoms with van der Waals surface area (Å²) in [6.07, 6.45) is 6.99. The molecule has 3 rings (SSSR count). The van der Waals surface area contributed by atoms with Crippen LogP contribution in [0.1, 0.15) is 17.5 Å². The monoisotopic (exact) mass is 345 g/mol. The number of hydrogen-bond acceptors (Lipinski definition) is 5. The summed E-state index contributed by atoms with van der Waals surface area (Å²) in [6.45, 7) is 0.643. The summed E-state index contributed by atoms with van der Waals surface area (Å²) < 4.78 is 0. The zero-order valence-electron chi connectivity index (χ0n) is 14.6. The highest BCUT2D eigenvalue weighted by Gasteiger charge is 2.05. The van der Waals surface area contributed by atoms with Crippen molar-refractivity contribution in [1.29, 1.82) is 0 Å². The molecule has 3 aromatic rings. The molecule has 2 aromatic carbocycles. The van der Waals surface area contributed by atoms with Gasteiger partial charge in [0.2, 0.25) is 0 Å². The molecule has 0 unspecified atom stereocenters. The lowest BCUT2D eigenvalue weighted by atomic mass is 10.0. The highest BCUT2D eigenvalue weighted by Crippen LogP contribution is 2.14. The van der Waals surface area contributed by atoms with E-state index in [1.165, 1.54) is 5.56 Å². The van der Waals surface area contributed by atoms with Crippen LogP contribution in [0.3, 0.4) is 0 Å². The molecule has 0 fully saturated rings. The van der Waals surface area contributed by atoms with Crippen LogP contribution in [0.2, 0.25) is 0 Å². The van der Waals surface area contributed by atoms with Crippen molar-refractivity contribution in [2.75, 3.05) is 6.54 Å². The van der Waals surface area contributed by atoms with Crippen LogP contribution in [-0.2, 0) is 6.42 Å². The fraction of sp³-hybridized carbons (Fsp3) is 0.190. The van der Waals surface area contributed by atoms with E-state index in [0.717, 1.165) is 29.2 Å². The van der Waals surface area contributed by atoms with Crippen molar-refractivity contribution in [1.82, 2.24) is 4.98 Å². The second kappa shape index (κ2) is 8.87. The summed E-state index contributed by atoms with van der Waals surface area (Å²) in [6, 6.07) is 18.3. The lowest BCUT2D eigenvalue weighted by molar-refractivity contribution is 0.620. The maximum Gasteiger partial charge on any atom is 0.108 e. The number of rotatable bonds is 7. The summed E-state index contributed by atoms with van der Waals surface area (Å²) in [7, 11) is 0. The van der Waals surface area contributed by atoms with Gasteiger partial charge in [0, 0.05) is 42.1 Å². The standard InChI is InChI=1S/C21H23N5/c22-20(12-16-4-2-1-3-5-16)9-11-25-15-21(26-23)18-6-7-19-14-24-10-8-17(19)13-18/h1-8,10,13-15,20H,9,11-12,22-23H2/t20-/m1/s1. The first-order valence-electron chi connectivity index (χ1n) is 8.67. The molecule has 26 heavy (non-hydrogen) atoms. The normalized spacial score (nSPS) is 13.3. The first-order chi connectivity index (χ1) is 12.8. The van der Waals surface area contributed by atoms with Crippen molar-refractivity contribution < 1.29 is 0 Å². The third-order valence-corrected chi connectivity index (χ3v) is 4.26. The number of nitrogens with two attached hydrogens (primary N) is 2. The SMILES string of the molecule is NN=C(C=NCC[C@@H](N)Cc1ccccc1)c1ccc2cnccc2c1. The molecule has 0 amide bonds. The smallest absolute Gasteiger partial charge is 0.108 e. The Morgan fingerprint density at radius 3 is 2.73 bits per heavy atom. The Labute approximate surface area is 153 Å². The summed E-state index contributed by atoms with van der Waals surface area (Å²) in [5, 5.41) is 6.04. The van der Waals surface area contributed by atoms with Crippen molar-refractivity contribution in [3.05, 3.63) is 78.1 Å². The van der Waals surface area contributed by atoms with Gasteiger partial charge in [-0.1, -0.05) is 42.5 Å². The number of aliphatic imine (C=N–C) groups is 1. The number of benzene rings is 2. The van der Waals surface area contributed by atoms with E-state index in [1.807, 2.05) is 48.7 Å². The van der Waals surface area contributed by atoms with Gasteiger partial charge in [-0.25, -0.2) is 0 Å². The Morgan fingerprint density at radius 2 is 1.92 bits per heavy atom. The number of pyridine rings is 1. The first kappa shape index (κ1) is 17.8. The lowest BCUT2D eigenvalue weighted by Gasteiger charge is -2.09. The van der Waals surface area contributed by atoms with E-state index < -0.39 is 0 Å². The van der Waals surface area contributed by atoms with Crippen molar-refractivity contribution in [3.8, 4) is 0 Å². The van der Waals surface area contributed by atoms with Crippen molar-refractivity contribution in [3.63, 3.8) is 0 Å². The minimum Gasteiger partial charge on any atom is -0.327 e. The molecule has 0 bridgehead atoms. The zero-order chi connectivity index (χ0) is 18.2. The van der Waals surface area contributed by atoms with Gasteiger partial charge < -0.3 is 11.6 Å². The molecule has 5 nitrogen and oxygen atoms in total. The third-order valence-electron chi connectivity index (χ3n) is 4.26. The Balaban J connectivity index is 1.57. The van der Waals surface area contributed by atoms with Crippen LogP contribution in [0.4, 0.5) is 0 Å². The molecular formula is C21H23N5. The number of hydrogen-bond donors (Lipinski definition) is 2. The predicted octanol–water partition coefficient (Wildman–Crippen LogP) is 2.93. The molecule has 1 heterocycles. The molecule has 0 aliphatic rings. The minimum atomic E-state index is 0.0842. The maximum atomic E-state index is 6.19. The van der Waals surface area contributed by atoms with Crippen molar-refractivity contribution in [2.24, 2.45) is 21.7 Å². The van der Waals surface area contributed by atoms with Gasteiger partial charge in [0.15, 0.2) is 0 Å². The molecular weight excluding hydrogens is 322 g/mol. The Hall–Kier alpha value is -3.05. The second-order valence-corrected chi connectivity index (χ2v) is 6.23. The number of nitrogens with zero attached hydrogens (tertiary/aromatic N) is 3. The molecule has 0 radical (unpaired) electrons. The Morgan fingerprint density at radius 1 is 1.08 bits per heavy atom. The summed E-state index contributed by atoms with van der Waals surface area (Å²) in [5.41, 5.74) is 9.03. The van der Waals surface area contributed by atoms with Crippen LogP contribution in [0.5, 0.6) is 0 Å². The van der Waals surface area contributed by atoms with Crippen LogP contribution in [-0.4, -0.2) is 29.5 Å². The van der Waals surface area contributed by atoms with Crippen LogP contribution in [0.15, 0.2) is 77.1 Å². The van der Waals surface area contributed by atoms with Gasteiger partial charge in [-0.15, -0.1) is 0 Å². The second-order valence-electron chi connectivity index (χ2n) is 6.23. The topological polar surface area (TPSA) is 89.6 Å². The molecule has 1 atom stereocenters. The van der Waals surface area contributed by atoms with Crippen molar-refractivity contribution >= 4 is 22.7 Å². The first-order valence-corrected chi connectivity index (χ1v) is 8.67. The highest BCUT2D eigenvalue weighted by molar-refractivity contribution is 6.38. The Bertz CT molecular complexity index is 902. The van der Waals surface area contributed by atoms with E-state index in [1.54, 1.807) is 12.4 Å². The van der Waals surface area contributed by atoms with Gasteiger partial charge in [-0.3, -0.25) is 9.98 Å². The summed E-state index contributed by atoms with van der Waals surface area (Å²) >= 11 is 0. The summed E-state index contributed by atoms with van der Waals surface area (Å²) in [4.78, 5) is 8.57. The molecule has 0 spiro atoms. The minimum absolute atomic E-state index is 0.0842. The van der Waals surface area contributed by atoms with E-state index in [2.05, 4.69) is 27.2 Å². The molecule has 0 saturated carbocycles. The van der Waals surface area contributed by atoms with E-state index in [0.29, 0.717) is 12.3 Å². The van der Waals surface area contributed by atoms with Gasteiger partial charge >= 0.3 is 0 Å². The number of aromatic nitrogens is 1. The third kappa shape index (κ3) is 4.74. The van der Waals surface area contributed by atoms with Gasteiger partial charge in [0.1, 0.15) is 5.71 Å². The van der Waals surface area contributed by atoms with Gasteiger partial charge in [0.25, 0.3) is 0 Å². The van der Waals surface area contributed by atoms with Gasteiger partial charge in [-0.2, -0.15) is 5.10 Å². The molecule has 5 heteroatoms. The highest BCUT2D eigenvalue weighted by atomic mass is 15.1. The average molecular weight is 345 g/mol. The summed E-state index contributed by atoms with van der Waals surface area (Å²) in [5.74, 6) is 5.55. The van der Waals surface area contributed by atoms with Gasteiger partial charge in [-0.05, 0) is 35.9 Å². The van der Waals surface area contributed by atoms with E-state index in [-0.39, 0.29) is 6.04 Å². The van der Waals surface area contributed by atoms with E-state index in [4.69, 9.17) is 11.6 Å². The molecule has 4 N–H and O–H groups in total. The number of hydrazone groups is 1. The lowest BCUT2D eigenvalue weighted by Crippen LogP contribution is -2.23. The maximum absolute atomic E-state index is 6.19. The van der Waals surface area contributed by atoms with Crippen LogP contribution in [0.25, 0.3) is 10.8 Å². The number of fused-ring (bicyclic) bond motifs is 1. The Kier molecular flexibility index (Phi) is 6.06. The van der Waals surface area contributed by atoms with E-state index in [9.17, 15) is 0 Å². The molecule has 0 aliphatic heterocycles. The van der Waals surface area contributed by atoms with E-state index >= 15 is 0 Å². The van der Waals surface area contributed by atoms with Crippen LogP contribution >= 0.6 is 0 Å². The molecule has 0 saturated heterocycles. The van der Waals surface area contributed by atoms with Crippen LogP contribution in [0, 0.1) is 0 Å². The molecule has 0 aliphatic carbocycles. The fourth-order valence-corrected chi connectivity index (χ4v) is 2.84.